The van der Waals surface area contributed by atoms with Crippen molar-refractivity contribution in [1.82, 2.24) is 18.9 Å². The number of carbonyl (C=O) groups is 1. The van der Waals surface area contributed by atoms with Gasteiger partial charge in [0.2, 0.25) is 5.43 Å². The molecule has 0 atom stereocenters. The Kier molecular flexibility index (Phi) is 6.14. The highest BCUT2D eigenvalue weighted by Crippen LogP contribution is 2.40. The maximum atomic E-state index is 15.6. The Morgan fingerprint density at radius 1 is 1.02 bits per heavy atom. The smallest absolute Gasteiger partial charge is 0.295 e. The molecule has 12 heteroatoms. The first kappa shape index (κ1) is 25.7. The number of hydrogen-bond acceptors (Lipinski definition) is 7. The SMILES string of the molecule is Cc1c(NC(=O)c2cn3c4c(c(N5CCN(C)CC5)c(F)cc4c2=O)OCN3C)c(=O)n(-c2ccccc2)n1C. The van der Waals surface area contributed by atoms with E-state index < -0.39 is 22.7 Å². The van der Waals surface area contributed by atoms with Crippen LogP contribution in [0.1, 0.15) is 16.1 Å². The number of ether oxygens (including phenoxy) is 1. The summed E-state index contributed by atoms with van der Waals surface area (Å²) in [6.45, 7) is 4.58. The van der Waals surface area contributed by atoms with Crippen LogP contribution in [0.15, 0.2) is 52.2 Å². The molecule has 2 aliphatic heterocycles. The number of nitrogens with one attached hydrogen (secondary N) is 1. The molecule has 4 heterocycles. The van der Waals surface area contributed by atoms with Crippen molar-refractivity contribution in [2.75, 3.05) is 62.2 Å². The number of anilines is 2. The number of benzene rings is 2. The summed E-state index contributed by atoms with van der Waals surface area (Å²) in [5.41, 5.74) is 0.626. The Labute approximate surface area is 229 Å². The van der Waals surface area contributed by atoms with E-state index in [9.17, 15) is 14.4 Å². The molecule has 11 nitrogen and oxygen atoms in total. The third kappa shape index (κ3) is 3.94. The predicted octanol–water partition coefficient (Wildman–Crippen LogP) is 1.86. The molecule has 0 radical (unpaired) electrons. The summed E-state index contributed by atoms with van der Waals surface area (Å²) in [7, 11) is 5.47. The number of pyridine rings is 1. The molecule has 4 aromatic rings. The van der Waals surface area contributed by atoms with Crippen LogP contribution in [0.4, 0.5) is 15.8 Å². The molecular weight excluding hydrogens is 517 g/mol. The Morgan fingerprint density at radius 2 is 1.73 bits per heavy atom. The van der Waals surface area contributed by atoms with Crippen molar-refractivity contribution in [3.8, 4) is 11.4 Å². The number of amides is 1. The molecule has 0 spiro atoms. The Morgan fingerprint density at radius 3 is 2.42 bits per heavy atom. The van der Waals surface area contributed by atoms with Crippen LogP contribution in [0.2, 0.25) is 0 Å². The molecule has 1 fully saturated rings. The number of piperazine rings is 1. The molecule has 1 amide bonds. The summed E-state index contributed by atoms with van der Waals surface area (Å²) < 4.78 is 26.3. The lowest BCUT2D eigenvalue weighted by Crippen LogP contribution is -2.46. The summed E-state index contributed by atoms with van der Waals surface area (Å²) in [6, 6.07) is 10.2. The molecule has 1 saturated heterocycles. The zero-order chi connectivity index (χ0) is 28.3. The molecule has 2 aromatic carbocycles. The summed E-state index contributed by atoms with van der Waals surface area (Å²) in [5, 5.41) is 4.36. The van der Waals surface area contributed by atoms with E-state index in [1.54, 1.807) is 47.5 Å². The van der Waals surface area contributed by atoms with Gasteiger partial charge in [0.05, 0.1) is 16.8 Å². The number of carbonyl (C=O) groups excluding carboxylic acids is 1. The highest BCUT2D eigenvalue weighted by Gasteiger charge is 2.31. The fourth-order valence-corrected chi connectivity index (χ4v) is 5.40. The normalized spacial score (nSPS) is 15.4. The first-order valence-corrected chi connectivity index (χ1v) is 13.0. The lowest BCUT2D eigenvalue weighted by atomic mass is 10.1. The monoisotopic (exact) mass is 547 g/mol. The minimum atomic E-state index is -0.758. The third-order valence-corrected chi connectivity index (χ3v) is 7.77. The lowest BCUT2D eigenvalue weighted by Gasteiger charge is -2.37. The Hall–Kier alpha value is -4.58. The Balaban J connectivity index is 1.45. The first-order valence-electron chi connectivity index (χ1n) is 13.0. The molecule has 0 bridgehead atoms. The molecule has 0 saturated carbocycles. The summed E-state index contributed by atoms with van der Waals surface area (Å²) in [5.74, 6) is -1.06. The minimum absolute atomic E-state index is 0.0241. The van der Waals surface area contributed by atoms with Crippen LogP contribution in [-0.2, 0) is 7.05 Å². The van der Waals surface area contributed by atoms with Gasteiger partial charge in [-0.05, 0) is 32.2 Å². The van der Waals surface area contributed by atoms with Gasteiger partial charge in [0.1, 0.15) is 22.5 Å². The van der Waals surface area contributed by atoms with E-state index >= 15 is 4.39 Å². The molecule has 2 aliphatic rings. The van der Waals surface area contributed by atoms with Crippen LogP contribution >= 0.6 is 0 Å². The highest BCUT2D eigenvalue weighted by atomic mass is 19.1. The van der Waals surface area contributed by atoms with Crippen LogP contribution < -0.4 is 31.0 Å². The van der Waals surface area contributed by atoms with Gasteiger partial charge in [0, 0.05) is 46.5 Å². The molecular formula is C28H30FN7O4. The highest BCUT2D eigenvalue weighted by molar-refractivity contribution is 6.07. The summed E-state index contributed by atoms with van der Waals surface area (Å²) in [6.07, 6.45) is 1.42. The van der Waals surface area contributed by atoms with Crippen molar-refractivity contribution in [2.24, 2.45) is 7.05 Å². The zero-order valence-electron chi connectivity index (χ0n) is 22.8. The third-order valence-electron chi connectivity index (χ3n) is 7.77. The molecule has 0 unspecified atom stereocenters. The number of aromatic nitrogens is 3. The lowest BCUT2D eigenvalue weighted by molar-refractivity contribution is 0.102. The number of nitrogens with zero attached hydrogens (tertiary/aromatic N) is 6. The summed E-state index contributed by atoms with van der Waals surface area (Å²) in [4.78, 5) is 44.6. The number of halogens is 1. The fraction of sp³-hybridized carbons (Fsp3) is 0.321. The van der Waals surface area contributed by atoms with E-state index in [2.05, 4.69) is 10.2 Å². The second-order valence-corrected chi connectivity index (χ2v) is 10.3. The van der Waals surface area contributed by atoms with Gasteiger partial charge in [0.15, 0.2) is 18.3 Å². The molecule has 1 N–H and O–H groups in total. The molecule has 6 rings (SSSR count). The van der Waals surface area contributed by atoms with Gasteiger partial charge in [-0.15, -0.1) is 0 Å². The van der Waals surface area contributed by atoms with Gasteiger partial charge in [-0.2, -0.15) is 0 Å². The van der Waals surface area contributed by atoms with Gasteiger partial charge < -0.3 is 19.9 Å². The Bertz CT molecular complexity index is 1770. The molecule has 2 aromatic heterocycles. The van der Waals surface area contributed by atoms with Crippen molar-refractivity contribution in [1.29, 1.82) is 0 Å². The van der Waals surface area contributed by atoms with Gasteiger partial charge in [0.25, 0.3) is 11.5 Å². The number of para-hydroxylation sites is 1. The largest absolute Gasteiger partial charge is 0.467 e. The van der Waals surface area contributed by atoms with Gasteiger partial charge >= 0.3 is 0 Å². The number of likely N-dealkylation sites (N-methyl/N-ethyl adjacent to an activating group) is 1. The quantitative estimate of drug-likeness (QED) is 0.417. The predicted molar refractivity (Wildman–Crippen MR) is 151 cm³/mol. The fourth-order valence-electron chi connectivity index (χ4n) is 5.40. The second kappa shape index (κ2) is 9.56. The maximum absolute atomic E-state index is 15.6. The van der Waals surface area contributed by atoms with Crippen LogP contribution in [0, 0.1) is 12.7 Å². The van der Waals surface area contributed by atoms with E-state index in [0.717, 1.165) is 13.1 Å². The van der Waals surface area contributed by atoms with Crippen LogP contribution in [0.25, 0.3) is 16.6 Å². The van der Waals surface area contributed by atoms with Gasteiger partial charge in [-0.1, -0.05) is 18.2 Å². The maximum Gasteiger partial charge on any atom is 0.295 e. The second-order valence-electron chi connectivity index (χ2n) is 10.3. The van der Waals surface area contributed by atoms with E-state index in [1.807, 2.05) is 30.1 Å². The topological polar surface area (TPSA) is 97.0 Å². The first-order chi connectivity index (χ1) is 19.2. The van der Waals surface area contributed by atoms with Crippen LogP contribution in [0.3, 0.4) is 0 Å². The van der Waals surface area contributed by atoms with Crippen LogP contribution in [0.5, 0.6) is 5.75 Å². The number of hydrogen-bond donors (Lipinski definition) is 1. The van der Waals surface area contributed by atoms with Crippen molar-refractivity contribution in [3.05, 3.63) is 80.2 Å². The average molecular weight is 548 g/mol. The van der Waals surface area contributed by atoms with Crippen molar-refractivity contribution in [3.63, 3.8) is 0 Å². The molecule has 0 aliphatic carbocycles. The van der Waals surface area contributed by atoms with Crippen molar-refractivity contribution < 1.29 is 13.9 Å². The van der Waals surface area contributed by atoms with E-state index in [1.165, 1.54) is 16.9 Å². The minimum Gasteiger partial charge on any atom is -0.467 e. The number of rotatable bonds is 4. The van der Waals surface area contributed by atoms with E-state index in [0.29, 0.717) is 35.7 Å². The molecule has 40 heavy (non-hydrogen) atoms. The van der Waals surface area contributed by atoms with Gasteiger partial charge in [-0.25, -0.2) is 9.07 Å². The molecule has 208 valence electrons. The average Bonchev–Trinajstić information content (AvgIpc) is 3.15. The van der Waals surface area contributed by atoms with Crippen molar-refractivity contribution in [2.45, 2.75) is 6.92 Å². The van der Waals surface area contributed by atoms with Crippen LogP contribution in [-0.4, -0.2) is 71.9 Å². The summed E-state index contributed by atoms with van der Waals surface area (Å²) >= 11 is 0. The standard InChI is InChI=1S/C28H30FN7O4/c1-17-22(28(39)36(33(17)4)18-8-6-5-7-9-18)30-27(38)20-15-35-23-19(25(20)37)14-21(29)24(26(23)40-16-32(35)3)34-12-10-31(2)11-13-34/h5-9,14-15H,10-13,16H2,1-4H3,(H,30,38). The van der Waals surface area contributed by atoms with Gasteiger partial charge in [-0.3, -0.25) is 28.8 Å². The zero-order valence-corrected chi connectivity index (χ0v) is 22.8. The van der Waals surface area contributed by atoms with Crippen molar-refractivity contribution >= 4 is 28.2 Å². The van der Waals surface area contributed by atoms with E-state index in [4.69, 9.17) is 4.74 Å². The van der Waals surface area contributed by atoms with E-state index in [-0.39, 0.29) is 29.1 Å².